The molecule has 1 saturated carbocycles. The lowest BCUT2D eigenvalue weighted by Gasteiger charge is -2.14. The zero-order valence-corrected chi connectivity index (χ0v) is 20.7. The lowest BCUT2D eigenvalue weighted by molar-refractivity contribution is -0.117. The van der Waals surface area contributed by atoms with E-state index in [2.05, 4.69) is 20.7 Å². The number of nitrogens with one attached hydrogen (secondary N) is 2. The zero-order chi connectivity index (χ0) is 26.6. The fourth-order valence-corrected chi connectivity index (χ4v) is 4.56. The Kier molecular flexibility index (Phi) is 5.67. The lowest BCUT2D eigenvalue weighted by Crippen LogP contribution is -2.26. The number of benzene rings is 2. The van der Waals surface area contributed by atoms with E-state index in [1.54, 1.807) is 23.8 Å². The van der Waals surface area contributed by atoms with Gasteiger partial charge in [-0.15, -0.1) is 5.10 Å². The Hall–Kier alpha value is -4.60. The molecule has 8 nitrogen and oxygen atoms in total. The summed E-state index contributed by atoms with van der Waals surface area (Å²) >= 11 is 0. The molecule has 38 heavy (non-hydrogen) atoms. The van der Waals surface area contributed by atoms with Crippen LogP contribution in [0.3, 0.4) is 0 Å². The van der Waals surface area contributed by atoms with Crippen molar-refractivity contribution in [3.05, 3.63) is 83.7 Å². The summed E-state index contributed by atoms with van der Waals surface area (Å²) < 4.78 is 30.5. The smallest absolute Gasteiger partial charge is 0.253 e. The normalized spacial score (nSPS) is 14.1. The van der Waals surface area contributed by atoms with Crippen LogP contribution in [0.4, 0.5) is 14.7 Å². The Bertz CT molecular complexity index is 1740. The maximum atomic E-state index is 13.7. The van der Waals surface area contributed by atoms with E-state index in [0.29, 0.717) is 16.8 Å². The van der Waals surface area contributed by atoms with E-state index in [9.17, 15) is 18.4 Å². The first kappa shape index (κ1) is 23.8. The van der Waals surface area contributed by atoms with Crippen LogP contribution in [0, 0.1) is 17.6 Å². The third kappa shape index (κ3) is 4.38. The second kappa shape index (κ2) is 9.05. The van der Waals surface area contributed by atoms with E-state index in [1.807, 2.05) is 41.9 Å². The van der Waals surface area contributed by atoms with Crippen LogP contribution in [0.25, 0.3) is 27.7 Å². The first-order valence-electron chi connectivity index (χ1n) is 12.3. The molecule has 1 fully saturated rings. The molecule has 6 rings (SSSR count). The van der Waals surface area contributed by atoms with Gasteiger partial charge in [-0.25, -0.2) is 13.3 Å². The third-order valence-electron chi connectivity index (χ3n) is 6.88. The number of hydrogen-bond donors (Lipinski definition) is 2. The van der Waals surface area contributed by atoms with Gasteiger partial charge < -0.3 is 9.88 Å². The van der Waals surface area contributed by atoms with Crippen molar-refractivity contribution in [1.29, 1.82) is 0 Å². The molecule has 3 heterocycles. The Balaban J connectivity index is 1.29. The number of carbonyl (C=O) groups excluding carboxylic acids is 2. The molecule has 10 heteroatoms. The topological polar surface area (TPSA) is 93.3 Å². The van der Waals surface area contributed by atoms with E-state index in [1.165, 1.54) is 6.07 Å². The molecule has 2 aromatic carbocycles. The van der Waals surface area contributed by atoms with E-state index >= 15 is 0 Å². The van der Waals surface area contributed by atoms with E-state index < -0.39 is 17.7 Å². The molecule has 1 atom stereocenters. The van der Waals surface area contributed by atoms with Gasteiger partial charge in [0, 0.05) is 36.3 Å². The predicted octanol–water partition coefficient (Wildman–Crippen LogP) is 5.01. The summed E-state index contributed by atoms with van der Waals surface area (Å²) in [5.74, 6) is -1.94. The first-order chi connectivity index (χ1) is 18.3. The maximum Gasteiger partial charge on any atom is 0.253 e. The minimum atomic E-state index is -0.958. The third-order valence-corrected chi connectivity index (χ3v) is 6.88. The van der Waals surface area contributed by atoms with Crippen molar-refractivity contribution in [2.45, 2.75) is 25.8 Å². The summed E-state index contributed by atoms with van der Waals surface area (Å²) in [7, 11) is 1.86. The molecule has 0 saturated heterocycles. The van der Waals surface area contributed by atoms with E-state index in [-0.39, 0.29) is 23.7 Å². The Morgan fingerprint density at radius 1 is 1.03 bits per heavy atom. The van der Waals surface area contributed by atoms with Crippen molar-refractivity contribution >= 4 is 34.3 Å². The SMILES string of the molecule is CC(NC(=O)c1cn(C)c2ccc(-c3ccn4nc(NC(=O)C5CC5)nc4c3)cc12)c1ccc(F)c(F)c1. The number of nitrogens with zero attached hydrogens (tertiary/aromatic N) is 4. The lowest BCUT2D eigenvalue weighted by atomic mass is 10.0. The number of halogens is 2. The van der Waals surface area contributed by atoms with E-state index in [4.69, 9.17) is 0 Å². The monoisotopic (exact) mass is 514 g/mol. The van der Waals surface area contributed by atoms with Gasteiger partial charge in [0.05, 0.1) is 11.6 Å². The van der Waals surface area contributed by atoms with Crippen molar-refractivity contribution in [2.24, 2.45) is 13.0 Å². The summed E-state index contributed by atoms with van der Waals surface area (Å²) in [6, 6.07) is 12.7. The molecular formula is C28H24F2N6O2. The zero-order valence-electron chi connectivity index (χ0n) is 20.7. The van der Waals surface area contributed by atoms with Crippen LogP contribution in [-0.4, -0.2) is 31.0 Å². The highest BCUT2D eigenvalue weighted by molar-refractivity contribution is 6.08. The van der Waals surface area contributed by atoms with Crippen molar-refractivity contribution < 1.29 is 18.4 Å². The molecule has 2 amide bonds. The Morgan fingerprint density at radius 2 is 1.82 bits per heavy atom. The second-order valence-electron chi connectivity index (χ2n) is 9.67. The molecule has 1 aliphatic rings. The van der Waals surface area contributed by atoms with Gasteiger partial charge in [0.1, 0.15) is 0 Å². The highest BCUT2D eigenvalue weighted by Crippen LogP contribution is 2.31. The van der Waals surface area contributed by atoms with Crippen molar-refractivity contribution in [2.75, 3.05) is 5.32 Å². The van der Waals surface area contributed by atoms with Gasteiger partial charge >= 0.3 is 0 Å². The Labute approximate surface area is 216 Å². The van der Waals surface area contributed by atoms with Crippen molar-refractivity contribution in [3.8, 4) is 11.1 Å². The number of anilines is 1. The standard InChI is InChI=1S/C28H24F2N6O2/c1-15(17-5-7-22(29)23(30)12-17)31-27(38)21-14-35(2)24-8-6-18(11-20(21)24)19-9-10-36-25(13-19)32-28(34-36)33-26(37)16-3-4-16/h5-16H,3-4H2,1-2H3,(H,31,38)(H,33,34,37). The highest BCUT2D eigenvalue weighted by atomic mass is 19.2. The van der Waals surface area contributed by atoms with Crippen LogP contribution >= 0.6 is 0 Å². The summed E-state index contributed by atoms with van der Waals surface area (Å²) in [5, 5.41) is 10.7. The molecule has 1 unspecified atom stereocenters. The van der Waals surface area contributed by atoms with Gasteiger partial charge in [-0.3, -0.25) is 14.9 Å². The van der Waals surface area contributed by atoms with Crippen LogP contribution in [0.15, 0.2) is 60.9 Å². The van der Waals surface area contributed by atoms with Crippen molar-refractivity contribution in [1.82, 2.24) is 24.5 Å². The summed E-state index contributed by atoms with van der Waals surface area (Å²) in [5.41, 5.74) is 4.13. The van der Waals surface area contributed by atoms with E-state index in [0.717, 1.165) is 47.0 Å². The number of carbonyl (C=O) groups is 2. The fraction of sp³-hybridized carbons (Fsp3) is 0.214. The van der Waals surface area contributed by atoms with Crippen LogP contribution < -0.4 is 10.6 Å². The largest absolute Gasteiger partial charge is 0.350 e. The Morgan fingerprint density at radius 3 is 2.58 bits per heavy atom. The number of aryl methyl sites for hydroxylation is 1. The van der Waals surface area contributed by atoms with Gasteiger partial charge in [-0.2, -0.15) is 4.98 Å². The quantitative estimate of drug-likeness (QED) is 0.333. The number of amides is 2. The van der Waals surface area contributed by atoms with Crippen LogP contribution in [0.1, 0.15) is 41.7 Å². The average Bonchev–Trinajstić information content (AvgIpc) is 3.60. The molecular weight excluding hydrogens is 490 g/mol. The number of pyridine rings is 1. The van der Waals surface area contributed by atoms with Gasteiger partial charge in [0.15, 0.2) is 17.3 Å². The van der Waals surface area contributed by atoms with Gasteiger partial charge in [-0.05, 0) is 72.9 Å². The summed E-state index contributed by atoms with van der Waals surface area (Å²) in [6.45, 7) is 1.72. The molecule has 0 radical (unpaired) electrons. The van der Waals surface area contributed by atoms with Crippen LogP contribution in [0.2, 0.25) is 0 Å². The van der Waals surface area contributed by atoms with Gasteiger partial charge in [-0.1, -0.05) is 12.1 Å². The maximum absolute atomic E-state index is 13.7. The number of rotatable bonds is 6. The number of fused-ring (bicyclic) bond motifs is 2. The molecule has 0 spiro atoms. The first-order valence-corrected chi connectivity index (χ1v) is 12.3. The molecule has 192 valence electrons. The minimum Gasteiger partial charge on any atom is -0.350 e. The fourth-order valence-electron chi connectivity index (χ4n) is 4.56. The van der Waals surface area contributed by atoms with Crippen LogP contribution in [-0.2, 0) is 11.8 Å². The van der Waals surface area contributed by atoms with Gasteiger partial charge in [0.25, 0.3) is 5.91 Å². The number of hydrogen-bond acceptors (Lipinski definition) is 4. The van der Waals surface area contributed by atoms with Crippen LogP contribution in [0.5, 0.6) is 0 Å². The molecule has 2 N–H and O–H groups in total. The van der Waals surface area contributed by atoms with Gasteiger partial charge in [0.2, 0.25) is 11.9 Å². The predicted molar refractivity (Wildman–Crippen MR) is 138 cm³/mol. The molecule has 0 bridgehead atoms. The molecule has 3 aromatic heterocycles. The molecule has 0 aliphatic heterocycles. The average molecular weight is 515 g/mol. The molecule has 1 aliphatic carbocycles. The highest BCUT2D eigenvalue weighted by Gasteiger charge is 2.30. The summed E-state index contributed by atoms with van der Waals surface area (Å²) in [6.07, 6.45) is 5.32. The molecule has 5 aromatic rings. The second-order valence-corrected chi connectivity index (χ2v) is 9.67. The number of aromatic nitrogens is 4. The summed E-state index contributed by atoms with van der Waals surface area (Å²) in [4.78, 5) is 29.7. The van der Waals surface area contributed by atoms with Crippen molar-refractivity contribution in [3.63, 3.8) is 0 Å². The minimum absolute atomic E-state index is 0.0552.